The van der Waals surface area contributed by atoms with E-state index in [1.54, 1.807) is 0 Å². The topological polar surface area (TPSA) is 12.0 Å². The van der Waals surface area contributed by atoms with Crippen LogP contribution in [0.1, 0.15) is 29.0 Å². The molecule has 2 aromatic rings. The van der Waals surface area contributed by atoms with E-state index in [0.29, 0.717) is 6.04 Å². The zero-order chi connectivity index (χ0) is 12.1. The largest absolute Gasteiger partial charge is 0.313 e. The van der Waals surface area contributed by atoms with E-state index >= 15 is 0 Å². The first-order chi connectivity index (χ1) is 8.33. The third-order valence-corrected chi connectivity index (χ3v) is 4.02. The number of rotatable bonds is 5. The zero-order valence-electron chi connectivity index (χ0n) is 10.4. The van der Waals surface area contributed by atoms with Gasteiger partial charge in [-0.05, 0) is 36.0 Å². The second-order valence-corrected chi connectivity index (χ2v) is 5.25. The Morgan fingerprint density at radius 3 is 2.47 bits per heavy atom. The second kappa shape index (κ2) is 5.99. The van der Waals surface area contributed by atoms with Crippen molar-refractivity contribution in [1.82, 2.24) is 5.32 Å². The summed E-state index contributed by atoms with van der Waals surface area (Å²) in [5.41, 5.74) is 2.78. The van der Waals surface area contributed by atoms with Gasteiger partial charge in [-0.3, -0.25) is 0 Å². The predicted octanol–water partition coefficient (Wildman–Crippen LogP) is 3.81. The van der Waals surface area contributed by atoms with Gasteiger partial charge in [0.05, 0.1) is 0 Å². The van der Waals surface area contributed by atoms with Crippen LogP contribution >= 0.6 is 11.3 Å². The maximum Gasteiger partial charge on any atom is 0.0366 e. The van der Waals surface area contributed by atoms with Crippen molar-refractivity contribution in [2.24, 2.45) is 0 Å². The van der Waals surface area contributed by atoms with E-state index in [2.05, 4.69) is 54.0 Å². The summed E-state index contributed by atoms with van der Waals surface area (Å²) in [5.74, 6) is 0. The first-order valence-corrected chi connectivity index (χ1v) is 7.00. The fourth-order valence-electron chi connectivity index (χ4n) is 2.00. The Labute approximate surface area is 108 Å². The smallest absolute Gasteiger partial charge is 0.0366 e. The van der Waals surface area contributed by atoms with Crippen LogP contribution in [-0.4, -0.2) is 7.05 Å². The highest BCUT2D eigenvalue weighted by Crippen LogP contribution is 2.21. The first kappa shape index (κ1) is 12.3. The summed E-state index contributed by atoms with van der Waals surface area (Å²) < 4.78 is 0. The Morgan fingerprint density at radius 2 is 1.94 bits per heavy atom. The molecule has 0 aliphatic carbocycles. The lowest BCUT2D eigenvalue weighted by Gasteiger charge is -2.16. The number of benzene rings is 1. The number of thiophene rings is 1. The van der Waals surface area contributed by atoms with E-state index in [9.17, 15) is 0 Å². The summed E-state index contributed by atoms with van der Waals surface area (Å²) >= 11 is 1.83. The van der Waals surface area contributed by atoms with Gasteiger partial charge < -0.3 is 5.32 Å². The fraction of sp³-hybridized carbons (Fsp3) is 0.333. The molecule has 90 valence electrons. The van der Waals surface area contributed by atoms with Crippen molar-refractivity contribution in [3.8, 4) is 0 Å². The molecule has 0 radical (unpaired) electrons. The molecule has 0 aliphatic heterocycles. The van der Waals surface area contributed by atoms with Crippen molar-refractivity contribution in [2.75, 3.05) is 7.05 Å². The Hall–Kier alpha value is -1.12. The second-order valence-electron chi connectivity index (χ2n) is 4.22. The number of hydrogen-bond donors (Lipinski definition) is 1. The van der Waals surface area contributed by atoms with Gasteiger partial charge in [0.15, 0.2) is 0 Å². The van der Waals surface area contributed by atoms with Crippen LogP contribution in [0.15, 0.2) is 41.8 Å². The highest BCUT2D eigenvalue weighted by atomic mass is 32.1. The summed E-state index contributed by atoms with van der Waals surface area (Å²) in [7, 11) is 2.03. The van der Waals surface area contributed by atoms with Crippen LogP contribution in [0.3, 0.4) is 0 Å². The van der Waals surface area contributed by atoms with Crippen molar-refractivity contribution in [1.29, 1.82) is 0 Å². The fourth-order valence-corrected chi connectivity index (χ4v) is 2.75. The van der Waals surface area contributed by atoms with Crippen molar-refractivity contribution < 1.29 is 0 Å². The maximum atomic E-state index is 3.40. The average Bonchev–Trinajstić information content (AvgIpc) is 2.89. The molecule has 2 rings (SSSR count). The van der Waals surface area contributed by atoms with Crippen LogP contribution < -0.4 is 5.32 Å². The lowest BCUT2D eigenvalue weighted by Crippen LogP contribution is -2.18. The molecule has 0 saturated carbocycles. The van der Waals surface area contributed by atoms with Crippen LogP contribution in [-0.2, 0) is 12.8 Å². The van der Waals surface area contributed by atoms with E-state index in [1.165, 1.54) is 16.0 Å². The molecule has 1 unspecified atom stereocenters. The predicted molar refractivity (Wildman–Crippen MR) is 75.6 cm³/mol. The molecule has 1 aromatic carbocycles. The molecule has 0 saturated heterocycles. The molecular weight excluding hydrogens is 226 g/mol. The number of hydrogen-bond acceptors (Lipinski definition) is 2. The molecule has 0 bridgehead atoms. The van der Waals surface area contributed by atoms with Gasteiger partial charge in [0.25, 0.3) is 0 Å². The van der Waals surface area contributed by atoms with E-state index in [-0.39, 0.29) is 0 Å². The highest BCUT2D eigenvalue weighted by molar-refractivity contribution is 7.09. The lowest BCUT2D eigenvalue weighted by molar-refractivity contribution is 0.596. The Balaban J connectivity index is 2.11. The summed E-state index contributed by atoms with van der Waals surface area (Å²) in [6.07, 6.45) is 2.18. The Bertz CT molecular complexity index is 430. The van der Waals surface area contributed by atoms with Gasteiger partial charge in [-0.1, -0.05) is 37.3 Å². The first-order valence-electron chi connectivity index (χ1n) is 6.12. The summed E-state index contributed by atoms with van der Waals surface area (Å²) in [6.45, 7) is 2.19. The van der Waals surface area contributed by atoms with Crippen molar-refractivity contribution in [3.05, 3.63) is 57.8 Å². The van der Waals surface area contributed by atoms with Gasteiger partial charge in [0.1, 0.15) is 0 Å². The van der Waals surface area contributed by atoms with E-state index in [0.717, 1.165) is 12.8 Å². The molecule has 2 heteroatoms. The minimum absolute atomic E-state index is 0.416. The molecule has 1 aromatic heterocycles. The van der Waals surface area contributed by atoms with Crippen molar-refractivity contribution in [2.45, 2.75) is 25.8 Å². The van der Waals surface area contributed by atoms with Gasteiger partial charge in [-0.25, -0.2) is 0 Å². The van der Waals surface area contributed by atoms with Crippen LogP contribution in [0.2, 0.25) is 0 Å². The SMILES string of the molecule is CCc1ccc(C(Cc2cccs2)NC)cc1. The summed E-state index contributed by atoms with van der Waals surface area (Å²) in [4.78, 5) is 1.43. The quantitative estimate of drug-likeness (QED) is 0.844. The highest BCUT2D eigenvalue weighted by Gasteiger charge is 2.10. The lowest BCUT2D eigenvalue weighted by atomic mass is 10.0. The van der Waals surface area contributed by atoms with E-state index in [4.69, 9.17) is 0 Å². The summed E-state index contributed by atoms with van der Waals surface area (Å²) in [6, 6.07) is 13.7. The standard InChI is InChI=1S/C15H19NS/c1-3-12-6-8-13(9-7-12)15(16-2)11-14-5-4-10-17-14/h4-10,15-16H,3,11H2,1-2H3. The van der Waals surface area contributed by atoms with Crippen LogP contribution in [0.25, 0.3) is 0 Å². The van der Waals surface area contributed by atoms with Crippen LogP contribution in [0, 0.1) is 0 Å². The molecule has 17 heavy (non-hydrogen) atoms. The summed E-state index contributed by atoms with van der Waals surface area (Å²) in [5, 5.41) is 5.54. The third kappa shape index (κ3) is 3.18. The van der Waals surface area contributed by atoms with Gasteiger partial charge in [-0.2, -0.15) is 0 Å². The molecule has 0 spiro atoms. The minimum Gasteiger partial charge on any atom is -0.313 e. The normalized spacial score (nSPS) is 12.6. The molecule has 1 heterocycles. The average molecular weight is 245 g/mol. The molecule has 0 fully saturated rings. The van der Waals surface area contributed by atoms with Gasteiger partial charge in [-0.15, -0.1) is 11.3 Å². The van der Waals surface area contributed by atoms with E-state index in [1.807, 2.05) is 18.4 Å². The molecule has 0 aliphatic rings. The van der Waals surface area contributed by atoms with E-state index < -0.39 is 0 Å². The van der Waals surface area contributed by atoms with Gasteiger partial charge in [0, 0.05) is 17.3 Å². The Kier molecular flexibility index (Phi) is 4.35. The molecule has 0 amide bonds. The molecule has 1 nitrogen and oxygen atoms in total. The van der Waals surface area contributed by atoms with Crippen molar-refractivity contribution >= 4 is 11.3 Å². The van der Waals surface area contributed by atoms with Crippen molar-refractivity contribution in [3.63, 3.8) is 0 Å². The van der Waals surface area contributed by atoms with Gasteiger partial charge in [0.2, 0.25) is 0 Å². The molecule has 1 atom stereocenters. The van der Waals surface area contributed by atoms with Gasteiger partial charge >= 0.3 is 0 Å². The molecule has 1 N–H and O–H groups in total. The monoisotopic (exact) mass is 245 g/mol. The maximum absolute atomic E-state index is 3.40. The minimum atomic E-state index is 0.416. The third-order valence-electron chi connectivity index (χ3n) is 3.12. The number of aryl methyl sites for hydroxylation is 1. The number of likely N-dealkylation sites (N-methyl/N-ethyl adjacent to an activating group) is 1. The number of nitrogens with one attached hydrogen (secondary N) is 1. The Morgan fingerprint density at radius 1 is 1.18 bits per heavy atom. The van der Waals surface area contributed by atoms with Crippen LogP contribution in [0.4, 0.5) is 0 Å². The van der Waals surface area contributed by atoms with Crippen LogP contribution in [0.5, 0.6) is 0 Å². The molecular formula is C15H19NS. The zero-order valence-corrected chi connectivity index (χ0v) is 11.3.